The van der Waals surface area contributed by atoms with Crippen LogP contribution in [0.15, 0.2) is 28.7 Å². The molecule has 1 aromatic heterocycles. The molecule has 1 aromatic carbocycles. The van der Waals surface area contributed by atoms with Gasteiger partial charge in [0.25, 0.3) is 0 Å². The molecule has 2 rings (SSSR count). The molecular formula is C16H21NO. The third kappa shape index (κ3) is 2.58. The molecule has 0 aliphatic carbocycles. The van der Waals surface area contributed by atoms with Crippen LogP contribution in [0.1, 0.15) is 41.2 Å². The molecule has 96 valence electrons. The lowest BCUT2D eigenvalue weighted by atomic mass is 10.0. The normalized spacial score (nSPS) is 12.5. The van der Waals surface area contributed by atoms with Gasteiger partial charge in [0.05, 0.1) is 6.04 Å². The zero-order valence-electron chi connectivity index (χ0n) is 11.8. The zero-order chi connectivity index (χ0) is 13.3. The number of aryl methyl sites for hydroxylation is 4. The second-order valence-corrected chi connectivity index (χ2v) is 5.09. The number of hydrogen-bond acceptors (Lipinski definition) is 2. The molecule has 0 saturated carbocycles. The van der Waals surface area contributed by atoms with E-state index in [1.54, 1.807) is 0 Å². The number of rotatable bonds is 3. The van der Waals surface area contributed by atoms with Crippen LogP contribution in [0.4, 0.5) is 5.69 Å². The molecule has 0 amide bonds. The Morgan fingerprint density at radius 2 is 1.61 bits per heavy atom. The summed E-state index contributed by atoms with van der Waals surface area (Å²) in [7, 11) is 0. The summed E-state index contributed by atoms with van der Waals surface area (Å²) in [5, 5.41) is 3.54. The van der Waals surface area contributed by atoms with Gasteiger partial charge in [-0.3, -0.25) is 0 Å². The summed E-state index contributed by atoms with van der Waals surface area (Å²) in [5.41, 5.74) is 5.07. The molecular weight excluding hydrogens is 222 g/mol. The van der Waals surface area contributed by atoms with Gasteiger partial charge >= 0.3 is 0 Å². The van der Waals surface area contributed by atoms with Crippen molar-refractivity contribution in [1.29, 1.82) is 0 Å². The molecule has 0 aliphatic rings. The maximum atomic E-state index is 5.66. The lowest BCUT2D eigenvalue weighted by Gasteiger charge is -2.18. The first kappa shape index (κ1) is 12.7. The van der Waals surface area contributed by atoms with E-state index in [9.17, 15) is 0 Å². The summed E-state index contributed by atoms with van der Waals surface area (Å²) in [6, 6.07) is 8.62. The Bertz CT molecular complexity index is 531. The lowest BCUT2D eigenvalue weighted by molar-refractivity contribution is 0.467. The van der Waals surface area contributed by atoms with Crippen molar-refractivity contribution >= 4 is 5.69 Å². The summed E-state index contributed by atoms with van der Waals surface area (Å²) < 4.78 is 5.66. The Morgan fingerprint density at radius 1 is 1.00 bits per heavy atom. The lowest BCUT2D eigenvalue weighted by Crippen LogP contribution is -2.08. The quantitative estimate of drug-likeness (QED) is 0.846. The molecule has 1 unspecified atom stereocenters. The van der Waals surface area contributed by atoms with Gasteiger partial charge in [-0.2, -0.15) is 0 Å². The van der Waals surface area contributed by atoms with Crippen molar-refractivity contribution in [2.45, 2.75) is 40.7 Å². The minimum Gasteiger partial charge on any atom is -0.464 e. The first-order valence-electron chi connectivity index (χ1n) is 6.38. The molecule has 0 bridgehead atoms. The van der Waals surface area contributed by atoms with Crippen LogP contribution in [0.2, 0.25) is 0 Å². The Hall–Kier alpha value is -1.70. The Kier molecular flexibility index (Phi) is 3.46. The molecule has 0 aliphatic heterocycles. The number of hydrogen-bond donors (Lipinski definition) is 1. The maximum absolute atomic E-state index is 5.66. The third-order valence-corrected chi connectivity index (χ3v) is 3.23. The van der Waals surface area contributed by atoms with E-state index in [1.807, 2.05) is 19.1 Å². The molecule has 1 N–H and O–H groups in total. The summed E-state index contributed by atoms with van der Waals surface area (Å²) in [5.74, 6) is 1.93. The molecule has 1 heterocycles. The molecule has 2 nitrogen and oxygen atoms in total. The van der Waals surface area contributed by atoms with E-state index >= 15 is 0 Å². The van der Waals surface area contributed by atoms with Crippen molar-refractivity contribution in [2.24, 2.45) is 0 Å². The van der Waals surface area contributed by atoms with Crippen molar-refractivity contribution in [1.82, 2.24) is 0 Å². The molecule has 0 saturated heterocycles. The number of benzene rings is 1. The predicted molar refractivity (Wildman–Crippen MR) is 76.1 cm³/mol. The third-order valence-electron chi connectivity index (χ3n) is 3.23. The van der Waals surface area contributed by atoms with Gasteiger partial charge in [-0.1, -0.05) is 17.7 Å². The highest BCUT2D eigenvalue weighted by Crippen LogP contribution is 2.27. The Morgan fingerprint density at radius 3 is 2.11 bits per heavy atom. The van der Waals surface area contributed by atoms with Crippen LogP contribution in [0.25, 0.3) is 0 Å². The zero-order valence-corrected chi connectivity index (χ0v) is 11.8. The van der Waals surface area contributed by atoms with Crippen molar-refractivity contribution in [3.05, 3.63) is 52.5 Å². The van der Waals surface area contributed by atoms with Gasteiger partial charge < -0.3 is 9.73 Å². The van der Waals surface area contributed by atoms with Crippen LogP contribution in [-0.4, -0.2) is 0 Å². The minimum absolute atomic E-state index is 0.179. The monoisotopic (exact) mass is 243 g/mol. The van der Waals surface area contributed by atoms with E-state index in [1.165, 1.54) is 22.4 Å². The SMILES string of the molecule is Cc1cc(C)c(NC(C)c2ccc(C)o2)c(C)c1. The first-order chi connectivity index (χ1) is 8.47. The van der Waals surface area contributed by atoms with Gasteiger partial charge in [0, 0.05) is 5.69 Å². The van der Waals surface area contributed by atoms with E-state index in [2.05, 4.69) is 45.1 Å². The number of anilines is 1. The van der Waals surface area contributed by atoms with E-state index in [0.29, 0.717) is 0 Å². The van der Waals surface area contributed by atoms with Crippen LogP contribution < -0.4 is 5.32 Å². The molecule has 0 fully saturated rings. The van der Waals surface area contributed by atoms with Gasteiger partial charge in [-0.25, -0.2) is 0 Å². The first-order valence-corrected chi connectivity index (χ1v) is 6.38. The maximum Gasteiger partial charge on any atom is 0.126 e. The van der Waals surface area contributed by atoms with E-state index in [-0.39, 0.29) is 6.04 Å². The summed E-state index contributed by atoms with van der Waals surface area (Å²) in [6.07, 6.45) is 0. The van der Waals surface area contributed by atoms with Crippen LogP contribution in [0.3, 0.4) is 0 Å². The predicted octanol–water partition coefficient (Wildman–Crippen LogP) is 4.69. The van der Waals surface area contributed by atoms with Gasteiger partial charge in [0.1, 0.15) is 11.5 Å². The average molecular weight is 243 g/mol. The topological polar surface area (TPSA) is 25.2 Å². The Balaban J connectivity index is 2.24. The number of nitrogens with one attached hydrogen (secondary N) is 1. The van der Waals surface area contributed by atoms with Crippen LogP contribution in [-0.2, 0) is 0 Å². The second-order valence-electron chi connectivity index (χ2n) is 5.09. The molecule has 2 aromatic rings. The van der Waals surface area contributed by atoms with Crippen molar-refractivity contribution in [3.8, 4) is 0 Å². The van der Waals surface area contributed by atoms with Crippen LogP contribution >= 0.6 is 0 Å². The summed E-state index contributed by atoms with van der Waals surface area (Å²) in [4.78, 5) is 0. The largest absolute Gasteiger partial charge is 0.464 e. The molecule has 2 heteroatoms. The van der Waals surface area contributed by atoms with E-state index in [4.69, 9.17) is 4.42 Å². The minimum atomic E-state index is 0.179. The smallest absolute Gasteiger partial charge is 0.126 e. The highest BCUT2D eigenvalue weighted by Gasteiger charge is 2.12. The number of furan rings is 1. The molecule has 1 atom stereocenters. The van der Waals surface area contributed by atoms with Crippen molar-refractivity contribution in [2.75, 3.05) is 5.32 Å². The van der Waals surface area contributed by atoms with Crippen LogP contribution in [0.5, 0.6) is 0 Å². The van der Waals surface area contributed by atoms with E-state index in [0.717, 1.165) is 11.5 Å². The van der Waals surface area contributed by atoms with Crippen molar-refractivity contribution in [3.63, 3.8) is 0 Å². The molecule has 0 radical (unpaired) electrons. The summed E-state index contributed by atoms with van der Waals surface area (Å²) in [6.45, 7) is 10.5. The van der Waals surface area contributed by atoms with Gasteiger partial charge in [-0.05, 0) is 57.9 Å². The highest BCUT2D eigenvalue weighted by molar-refractivity contribution is 5.58. The van der Waals surface area contributed by atoms with Gasteiger partial charge in [-0.15, -0.1) is 0 Å². The van der Waals surface area contributed by atoms with Crippen molar-refractivity contribution < 1.29 is 4.42 Å². The van der Waals surface area contributed by atoms with Gasteiger partial charge in [0.2, 0.25) is 0 Å². The highest BCUT2D eigenvalue weighted by atomic mass is 16.3. The molecule has 18 heavy (non-hydrogen) atoms. The summed E-state index contributed by atoms with van der Waals surface area (Å²) >= 11 is 0. The fraction of sp³-hybridized carbons (Fsp3) is 0.375. The van der Waals surface area contributed by atoms with Gasteiger partial charge in [0.15, 0.2) is 0 Å². The van der Waals surface area contributed by atoms with E-state index < -0.39 is 0 Å². The molecule has 0 spiro atoms. The Labute approximate surface area is 109 Å². The fourth-order valence-electron chi connectivity index (χ4n) is 2.38. The standard InChI is InChI=1S/C16H21NO/c1-10-8-11(2)16(12(3)9-10)17-14(5)15-7-6-13(4)18-15/h6-9,14,17H,1-5H3. The fourth-order valence-corrected chi connectivity index (χ4v) is 2.38. The second kappa shape index (κ2) is 4.89. The van der Waals surface area contributed by atoms with Crippen LogP contribution in [0, 0.1) is 27.7 Å². The average Bonchev–Trinajstić information content (AvgIpc) is 2.70.